The predicted octanol–water partition coefficient (Wildman–Crippen LogP) is 0.887. The lowest BCUT2D eigenvalue weighted by Crippen LogP contribution is -2.28. The van der Waals surface area contributed by atoms with Gasteiger partial charge in [0.15, 0.2) is 5.13 Å². The van der Waals surface area contributed by atoms with Crippen LogP contribution in [0.25, 0.3) is 0 Å². The smallest absolute Gasteiger partial charge is 0.225 e. The van der Waals surface area contributed by atoms with Crippen molar-refractivity contribution in [3.63, 3.8) is 0 Å². The van der Waals surface area contributed by atoms with Crippen LogP contribution in [0.5, 0.6) is 0 Å². The fraction of sp³-hybridized carbons (Fsp3) is 0.400. The molecule has 2 aromatic heterocycles. The fourth-order valence-corrected chi connectivity index (χ4v) is 2.98. The fourth-order valence-electron chi connectivity index (χ4n) is 1.54. The molecule has 0 saturated heterocycles. The molecule has 0 aromatic carbocycles. The number of carbonyl (C=O) groups excluding carboxylic acids is 1. The van der Waals surface area contributed by atoms with Gasteiger partial charge in [-0.05, 0) is 13.8 Å². The summed E-state index contributed by atoms with van der Waals surface area (Å²) in [5.74, 6) is -0.104. The van der Waals surface area contributed by atoms with E-state index in [1.807, 2.05) is 13.8 Å². The van der Waals surface area contributed by atoms with E-state index in [0.29, 0.717) is 15.3 Å². The molecule has 0 saturated carbocycles. The minimum absolute atomic E-state index is 0.104. The van der Waals surface area contributed by atoms with Crippen molar-refractivity contribution in [2.24, 2.45) is 0 Å². The largest absolute Gasteiger partial charge is 0.375 e. The van der Waals surface area contributed by atoms with E-state index in [2.05, 4.69) is 20.5 Å². The van der Waals surface area contributed by atoms with E-state index in [9.17, 15) is 4.79 Å². The number of nitrogens with zero attached hydrogens (tertiary/aromatic N) is 3. The van der Waals surface area contributed by atoms with Crippen molar-refractivity contribution >= 4 is 38.8 Å². The topological polar surface area (TPSA) is 120 Å². The number of thiazole rings is 1. The molecule has 19 heavy (non-hydrogen) atoms. The predicted molar refractivity (Wildman–Crippen MR) is 75.8 cm³/mol. The van der Waals surface area contributed by atoms with Gasteiger partial charge in [-0.25, -0.2) is 4.98 Å². The van der Waals surface area contributed by atoms with Crippen molar-refractivity contribution in [3.05, 3.63) is 15.6 Å². The van der Waals surface area contributed by atoms with Gasteiger partial charge >= 0.3 is 0 Å². The Hall–Kier alpha value is -1.74. The summed E-state index contributed by atoms with van der Waals surface area (Å²) >= 11 is 2.59. The zero-order chi connectivity index (χ0) is 14.0. The Morgan fingerprint density at radius 1 is 1.32 bits per heavy atom. The summed E-state index contributed by atoms with van der Waals surface area (Å²) in [5, 5.41) is 12.0. The summed E-state index contributed by atoms with van der Waals surface area (Å²) in [4.78, 5) is 16.9. The molecule has 0 aliphatic carbocycles. The molecule has 9 heteroatoms. The molecular formula is C10H14N6OS2. The Bertz CT molecular complexity index is 593. The van der Waals surface area contributed by atoms with E-state index in [4.69, 9.17) is 11.5 Å². The third-order valence-electron chi connectivity index (χ3n) is 2.43. The number of rotatable bonds is 4. The molecule has 0 radical (unpaired) electrons. The third-order valence-corrected chi connectivity index (χ3v) is 4.36. The van der Waals surface area contributed by atoms with Crippen LogP contribution >= 0.6 is 22.7 Å². The van der Waals surface area contributed by atoms with Crippen LogP contribution in [0, 0.1) is 6.92 Å². The van der Waals surface area contributed by atoms with Gasteiger partial charge in [0.25, 0.3) is 0 Å². The molecule has 102 valence electrons. The van der Waals surface area contributed by atoms with Crippen LogP contribution < -0.4 is 16.8 Å². The molecule has 2 rings (SSSR count). The normalized spacial score (nSPS) is 12.3. The molecule has 0 spiro atoms. The van der Waals surface area contributed by atoms with E-state index in [-0.39, 0.29) is 18.4 Å². The lowest BCUT2D eigenvalue weighted by molar-refractivity contribution is -0.121. The van der Waals surface area contributed by atoms with Gasteiger partial charge in [-0.3, -0.25) is 4.79 Å². The van der Waals surface area contributed by atoms with Gasteiger partial charge < -0.3 is 16.8 Å². The molecule has 0 unspecified atom stereocenters. The van der Waals surface area contributed by atoms with Crippen LogP contribution in [0.1, 0.15) is 28.5 Å². The summed E-state index contributed by atoms with van der Waals surface area (Å²) < 4.78 is 0. The molecule has 7 nitrogen and oxygen atoms in total. The molecular weight excluding hydrogens is 284 g/mol. The molecule has 0 bridgehead atoms. The molecule has 0 fully saturated rings. The maximum absolute atomic E-state index is 11.9. The van der Waals surface area contributed by atoms with Crippen molar-refractivity contribution in [3.8, 4) is 0 Å². The van der Waals surface area contributed by atoms with Crippen LogP contribution in [0.15, 0.2) is 0 Å². The summed E-state index contributed by atoms with van der Waals surface area (Å²) in [6.45, 7) is 3.68. The van der Waals surface area contributed by atoms with Crippen molar-refractivity contribution in [1.82, 2.24) is 20.5 Å². The molecule has 1 amide bonds. The minimum Gasteiger partial charge on any atom is -0.375 e. The number of aryl methyl sites for hydroxylation is 1. The van der Waals surface area contributed by atoms with Crippen LogP contribution in [-0.2, 0) is 11.2 Å². The van der Waals surface area contributed by atoms with Gasteiger partial charge in [0, 0.05) is 4.88 Å². The Balaban J connectivity index is 1.96. The lowest BCUT2D eigenvalue weighted by Gasteiger charge is -2.09. The Morgan fingerprint density at radius 2 is 2.05 bits per heavy atom. The van der Waals surface area contributed by atoms with E-state index in [1.165, 1.54) is 22.7 Å². The van der Waals surface area contributed by atoms with Gasteiger partial charge in [0.1, 0.15) is 5.01 Å². The molecule has 2 aromatic rings. The number of nitrogens with two attached hydrogens (primary N) is 2. The monoisotopic (exact) mass is 298 g/mol. The van der Waals surface area contributed by atoms with Crippen LogP contribution in [0.3, 0.4) is 0 Å². The van der Waals surface area contributed by atoms with Crippen molar-refractivity contribution in [1.29, 1.82) is 0 Å². The first-order valence-electron chi connectivity index (χ1n) is 5.55. The average molecular weight is 298 g/mol. The van der Waals surface area contributed by atoms with Crippen molar-refractivity contribution in [2.45, 2.75) is 26.3 Å². The molecule has 0 aliphatic rings. The maximum atomic E-state index is 11.9. The summed E-state index contributed by atoms with van der Waals surface area (Å²) in [5.41, 5.74) is 11.9. The Morgan fingerprint density at radius 3 is 2.58 bits per heavy atom. The first-order valence-corrected chi connectivity index (χ1v) is 7.19. The number of carbonyl (C=O) groups is 1. The van der Waals surface area contributed by atoms with Gasteiger partial charge in [-0.15, -0.1) is 21.5 Å². The second kappa shape index (κ2) is 5.49. The van der Waals surface area contributed by atoms with Crippen LogP contribution in [0.4, 0.5) is 10.3 Å². The quantitative estimate of drug-likeness (QED) is 0.771. The van der Waals surface area contributed by atoms with Crippen LogP contribution in [-0.4, -0.2) is 21.1 Å². The number of nitrogens with one attached hydrogen (secondary N) is 1. The van der Waals surface area contributed by atoms with Gasteiger partial charge in [0.2, 0.25) is 11.0 Å². The highest BCUT2D eigenvalue weighted by molar-refractivity contribution is 7.15. The van der Waals surface area contributed by atoms with E-state index < -0.39 is 0 Å². The highest BCUT2D eigenvalue weighted by Crippen LogP contribution is 2.21. The number of hydrogen-bond acceptors (Lipinski definition) is 8. The number of nitrogen functional groups attached to an aromatic ring is 2. The first-order chi connectivity index (χ1) is 8.95. The summed E-state index contributed by atoms with van der Waals surface area (Å²) in [6, 6.07) is -0.215. The zero-order valence-corrected chi connectivity index (χ0v) is 12.1. The molecule has 1 atom stereocenters. The zero-order valence-electron chi connectivity index (χ0n) is 10.5. The third kappa shape index (κ3) is 3.38. The SMILES string of the molecule is Cc1nc(N)sc1CC(=O)N[C@@H](C)c1nnc(N)s1. The van der Waals surface area contributed by atoms with Gasteiger partial charge in [-0.2, -0.15) is 0 Å². The number of anilines is 2. The summed E-state index contributed by atoms with van der Waals surface area (Å²) in [7, 11) is 0. The van der Waals surface area contributed by atoms with Gasteiger partial charge in [-0.1, -0.05) is 11.3 Å². The molecule has 2 heterocycles. The first kappa shape index (κ1) is 13.7. The average Bonchev–Trinajstić information content (AvgIpc) is 2.86. The Kier molecular flexibility index (Phi) is 3.96. The van der Waals surface area contributed by atoms with E-state index >= 15 is 0 Å². The number of hydrogen-bond donors (Lipinski definition) is 3. The number of amides is 1. The lowest BCUT2D eigenvalue weighted by atomic mass is 10.2. The highest BCUT2D eigenvalue weighted by Gasteiger charge is 2.16. The van der Waals surface area contributed by atoms with Crippen LogP contribution in [0.2, 0.25) is 0 Å². The molecule has 0 aliphatic heterocycles. The standard InChI is InChI=1S/C10H14N6OS2/c1-4-6(18-9(11)14-4)3-7(17)13-5(2)8-15-16-10(12)19-8/h5H,3H2,1-2H3,(H2,11,14)(H2,12,16)(H,13,17)/t5-/m0/s1. The van der Waals surface area contributed by atoms with E-state index in [1.54, 1.807) is 0 Å². The summed E-state index contributed by atoms with van der Waals surface area (Å²) in [6.07, 6.45) is 0.263. The second-order valence-corrected chi connectivity index (χ2v) is 6.16. The van der Waals surface area contributed by atoms with E-state index in [0.717, 1.165) is 10.6 Å². The van der Waals surface area contributed by atoms with Crippen molar-refractivity contribution < 1.29 is 4.79 Å². The maximum Gasteiger partial charge on any atom is 0.225 e. The Labute approximate surface area is 118 Å². The minimum atomic E-state index is -0.215. The number of aromatic nitrogens is 3. The second-order valence-electron chi connectivity index (χ2n) is 4.01. The molecule has 5 N–H and O–H groups in total. The highest BCUT2D eigenvalue weighted by atomic mass is 32.1. The van der Waals surface area contributed by atoms with Gasteiger partial charge in [0.05, 0.1) is 18.2 Å². The van der Waals surface area contributed by atoms with Crippen molar-refractivity contribution in [2.75, 3.05) is 11.5 Å².